The molecule has 1 saturated heterocycles. The van der Waals surface area contributed by atoms with Crippen molar-refractivity contribution in [3.8, 4) is 0 Å². The summed E-state index contributed by atoms with van der Waals surface area (Å²) in [5, 5.41) is 3.60. The first-order valence-corrected chi connectivity index (χ1v) is 8.38. The summed E-state index contributed by atoms with van der Waals surface area (Å²) in [5.74, 6) is 0. The Morgan fingerprint density at radius 2 is 1.86 bits per heavy atom. The minimum absolute atomic E-state index is 0.753. The SMILES string of the molecule is Cc1cc(CNC2CC2)ccc1N1CCC(N(C)C)CC1. The van der Waals surface area contributed by atoms with Crippen molar-refractivity contribution < 1.29 is 0 Å². The Labute approximate surface area is 129 Å². The molecule has 1 heterocycles. The highest BCUT2D eigenvalue weighted by Crippen LogP contribution is 2.26. The van der Waals surface area contributed by atoms with E-state index >= 15 is 0 Å². The minimum Gasteiger partial charge on any atom is -0.371 e. The average Bonchev–Trinajstić information content (AvgIpc) is 3.29. The van der Waals surface area contributed by atoms with Crippen molar-refractivity contribution >= 4 is 5.69 Å². The first kappa shape index (κ1) is 14.9. The van der Waals surface area contributed by atoms with Gasteiger partial charge in [0.05, 0.1) is 0 Å². The van der Waals surface area contributed by atoms with E-state index < -0.39 is 0 Å². The van der Waals surface area contributed by atoms with Crippen LogP contribution in [0.25, 0.3) is 0 Å². The molecule has 3 heteroatoms. The molecule has 1 aliphatic carbocycles. The smallest absolute Gasteiger partial charge is 0.0396 e. The number of nitrogens with zero attached hydrogens (tertiary/aromatic N) is 2. The van der Waals surface area contributed by atoms with Crippen LogP contribution in [0, 0.1) is 6.92 Å². The number of hydrogen-bond donors (Lipinski definition) is 1. The molecule has 1 aliphatic heterocycles. The molecule has 1 aromatic carbocycles. The van der Waals surface area contributed by atoms with Crippen LogP contribution in [0.1, 0.15) is 36.8 Å². The van der Waals surface area contributed by atoms with Gasteiger partial charge in [-0.15, -0.1) is 0 Å². The molecule has 0 atom stereocenters. The number of aryl methyl sites for hydroxylation is 1. The van der Waals surface area contributed by atoms with Crippen molar-refractivity contribution in [2.24, 2.45) is 0 Å². The number of piperidine rings is 1. The van der Waals surface area contributed by atoms with Gasteiger partial charge in [-0.05, 0) is 63.9 Å². The molecule has 21 heavy (non-hydrogen) atoms. The fraction of sp³-hybridized carbons (Fsp3) is 0.667. The van der Waals surface area contributed by atoms with Gasteiger partial charge in [-0.25, -0.2) is 0 Å². The maximum Gasteiger partial charge on any atom is 0.0396 e. The lowest BCUT2D eigenvalue weighted by Crippen LogP contribution is -2.42. The predicted octanol–water partition coefficient (Wildman–Crippen LogP) is 2.78. The topological polar surface area (TPSA) is 18.5 Å². The molecule has 1 saturated carbocycles. The van der Waals surface area contributed by atoms with E-state index in [0.29, 0.717) is 0 Å². The number of anilines is 1. The molecule has 2 fully saturated rings. The molecule has 1 N–H and O–H groups in total. The molecule has 3 rings (SSSR count). The highest BCUT2D eigenvalue weighted by molar-refractivity contribution is 5.54. The van der Waals surface area contributed by atoms with Gasteiger partial charge in [0.1, 0.15) is 0 Å². The first-order valence-electron chi connectivity index (χ1n) is 8.38. The van der Waals surface area contributed by atoms with E-state index in [1.165, 1.54) is 55.6 Å². The molecule has 1 aromatic rings. The lowest BCUT2D eigenvalue weighted by molar-refractivity contribution is 0.249. The van der Waals surface area contributed by atoms with E-state index in [1.54, 1.807) is 0 Å². The van der Waals surface area contributed by atoms with Gasteiger partial charge < -0.3 is 15.1 Å². The van der Waals surface area contributed by atoms with Gasteiger partial charge in [0.25, 0.3) is 0 Å². The van der Waals surface area contributed by atoms with Crippen molar-refractivity contribution in [2.75, 3.05) is 32.1 Å². The Hall–Kier alpha value is -1.06. The molecule has 2 aliphatic rings. The third-order valence-electron chi connectivity index (χ3n) is 4.97. The van der Waals surface area contributed by atoms with Crippen LogP contribution in [0.2, 0.25) is 0 Å². The molecular weight excluding hydrogens is 258 g/mol. The van der Waals surface area contributed by atoms with Crippen LogP contribution in [-0.2, 0) is 6.54 Å². The Morgan fingerprint density at radius 1 is 1.14 bits per heavy atom. The Balaban J connectivity index is 1.60. The molecular formula is C18H29N3. The van der Waals surface area contributed by atoms with Gasteiger partial charge in [0.2, 0.25) is 0 Å². The number of nitrogens with one attached hydrogen (secondary N) is 1. The van der Waals surface area contributed by atoms with E-state index in [2.05, 4.69) is 54.3 Å². The molecule has 0 radical (unpaired) electrons. The standard InChI is InChI=1S/C18H29N3/c1-14-12-15(13-19-16-5-6-16)4-7-18(14)21-10-8-17(9-11-21)20(2)3/h4,7,12,16-17,19H,5-6,8-11,13H2,1-3H3. The van der Waals surface area contributed by atoms with E-state index in [-0.39, 0.29) is 0 Å². The van der Waals surface area contributed by atoms with Crippen LogP contribution in [0.5, 0.6) is 0 Å². The summed E-state index contributed by atoms with van der Waals surface area (Å²) in [4.78, 5) is 4.93. The fourth-order valence-electron chi connectivity index (χ4n) is 3.36. The lowest BCUT2D eigenvalue weighted by Gasteiger charge is -2.37. The maximum absolute atomic E-state index is 3.60. The zero-order valence-corrected chi connectivity index (χ0v) is 13.7. The van der Waals surface area contributed by atoms with Crippen molar-refractivity contribution in [3.05, 3.63) is 29.3 Å². The van der Waals surface area contributed by atoms with Gasteiger partial charge in [-0.3, -0.25) is 0 Å². The van der Waals surface area contributed by atoms with Gasteiger partial charge in [-0.1, -0.05) is 12.1 Å². The van der Waals surface area contributed by atoms with Crippen molar-refractivity contribution in [2.45, 2.75) is 51.2 Å². The van der Waals surface area contributed by atoms with Crippen LogP contribution >= 0.6 is 0 Å². The third-order valence-corrected chi connectivity index (χ3v) is 4.97. The zero-order valence-electron chi connectivity index (χ0n) is 13.7. The second kappa shape index (κ2) is 6.37. The summed E-state index contributed by atoms with van der Waals surface area (Å²) in [6, 6.07) is 8.53. The Morgan fingerprint density at radius 3 is 2.43 bits per heavy atom. The van der Waals surface area contributed by atoms with E-state index in [1.807, 2.05) is 0 Å². The number of benzene rings is 1. The second-order valence-electron chi connectivity index (χ2n) is 6.96. The van der Waals surface area contributed by atoms with E-state index in [4.69, 9.17) is 0 Å². The molecule has 116 valence electrons. The second-order valence-corrected chi connectivity index (χ2v) is 6.96. The van der Waals surface area contributed by atoms with Gasteiger partial charge in [-0.2, -0.15) is 0 Å². The summed E-state index contributed by atoms with van der Waals surface area (Å²) in [5.41, 5.74) is 4.28. The molecule has 3 nitrogen and oxygen atoms in total. The molecule has 0 amide bonds. The number of hydrogen-bond acceptors (Lipinski definition) is 3. The number of rotatable bonds is 5. The summed E-state index contributed by atoms with van der Waals surface area (Å²) in [6.07, 6.45) is 5.27. The zero-order chi connectivity index (χ0) is 14.8. The van der Waals surface area contributed by atoms with Crippen LogP contribution in [-0.4, -0.2) is 44.2 Å². The molecule has 0 bridgehead atoms. The van der Waals surface area contributed by atoms with Crippen LogP contribution in [0.4, 0.5) is 5.69 Å². The monoisotopic (exact) mass is 287 g/mol. The fourth-order valence-corrected chi connectivity index (χ4v) is 3.36. The molecule has 0 unspecified atom stereocenters. The molecule has 0 spiro atoms. The summed E-state index contributed by atoms with van der Waals surface area (Å²) in [6.45, 7) is 5.65. The van der Waals surface area contributed by atoms with Crippen molar-refractivity contribution in [3.63, 3.8) is 0 Å². The van der Waals surface area contributed by atoms with Crippen LogP contribution in [0.15, 0.2) is 18.2 Å². The Bertz CT molecular complexity index is 471. The largest absolute Gasteiger partial charge is 0.371 e. The average molecular weight is 287 g/mol. The van der Waals surface area contributed by atoms with E-state index in [0.717, 1.165) is 18.6 Å². The van der Waals surface area contributed by atoms with Gasteiger partial charge in [0.15, 0.2) is 0 Å². The van der Waals surface area contributed by atoms with Gasteiger partial charge in [0, 0.05) is 37.4 Å². The van der Waals surface area contributed by atoms with Gasteiger partial charge >= 0.3 is 0 Å². The lowest BCUT2D eigenvalue weighted by atomic mass is 10.0. The minimum atomic E-state index is 0.753. The normalized spacial score (nSPS) is 20.3. The van der Waals surface area contributed by atoms with Crippen LogP contribution in [0.3, 0.4) is 0 Å². The third kappa shape index (κ3) is 3.78. The molecule has 0 aromatic heterocycles. The predicted molar refractivity (Wildman–Crippen MR) is 90.0 cm³/mol. The van der Waals surface area contributed by atoms with Crippen molar-refractivity contribution in [1.82, 2.24) is 10.2 Å². The maximum atomic E-state index is 3.60. The summed E-state index contributed by atoms with van der Waals surface area (Å²) >= 11 is 0. The van der Waals surface area contributed by atoms with Crippen LogP contribution < -0.4 is 10.2 Å². The summed E-state index contributed by atoms with van der Waals surface area (Å²) in [7, 11) is 4.40. The highest BCUT2D eigenvalue weighted by Gasteiger charge is 2.22. The Kier molecular flexibility index (Phi) is 4.51. The van der Waals surface area contributed by atoms with Crippen molar-refractivity contribution in [1.29, 1.82) is 0 Å². The summed E-state index contributed by atoms with van der Waals surface area (Å²) < 4.78 is 0. The highest BCUT2D eigenvalue weighted by atomic mass is 15.2. The quantitative estimate of drug-likeness (QED) is 0.898. The van der Waals surface area contributed by atoms with E-state index in [9.17, 15) is 0 Å². The first-order chi connectivity index (χ1) is 10.1.